The molecule has 9 heavy (non-hydrogen) atoms. The molecule has 0 saturated heterocycles. The summed E-state index contributed by atoms with van der Waals surface area (Å²) in [6.45, 7) is 3.42. The summed E-state index contributed by atoms with van der Waals surface area (Å²) in [6.07, 6.45) is 1.42. The van der Waals surface area contributed by atoms with Gasteiger partial charge in [-0.2, -0.15) is 4.98 Å². The van der Waals surface area contributed by atoms with E-state index in [-0.39, 0.29) is 10.6 Å². The first-order valence-electron chi connectivity index (χ1n) is 2.14. The van der Waals surface area contributed by atoms with Gasteiger partial charge in [0.25, 0.3) is 0 Å². The lowest BCUT2D eigenvalue weighted by Crippen LogP contribution is -1.85. The normalized spacial score (nSPS) is 9.56. The largest absolute Gasteiger partial charge is 0.244 e. The summed E-state index contributed by atoms with van der Waals surface area (Å²) in [5, 5.41) is 3.99. The van der Waals surface area contributed by atoms with Crippen molar-refractivity contribution in [1.29, 1.82) is 0 Å². The van der Waals surface area contributed by atoms with Crippen LogP contribution in [0.15, 0.2) is 6.58 Å². The Morgan fingerprint density at radius 3 is 2.44 bits per heavy atom. The van der Waals surface area contributed by atoms with Gasteiger partial charge in [-0.15, -0.1) is 5.10 Å². The molecule has 1 heterocycles. The van der Waals surface area contributed by atoms with Crippen molar-refractivity contribution in [1.82, 2.24) is 14.8 Å². The Morgan fingerprint density at radius 2 is 2.22 bits per heavy atom. The Bertz CT molecular complexity index is 230. The highest BCUT2D eigenvalue weighted by Gasteiger charge is 1.99. The maximum Gasteiger partial charge on any atom is 0.244 e. The summed E-state index contributed by atoms with van der Waals surface area (Å²) < 4.78 is 1.28. The second-order valence-electron chi connectivity index (χ2n) is 1.28. The molecule has 0 N–H and O–H groups in total. The Hall–Kier alpha value is -0.540. The minimum absolute atomic E-state index is 0.125. The molecule has 0 aliphatic carbocycles. The van der Waals surface area contributed by atoms with Gasteiger partial charge in [0.05, 0.1) is 0 Å². The van der Waals surface area contributed by atoms with E-state index in [9.17, 15) is 0 Å². The highest BCUT2D eigenvalue weighted by molar-refractivity contribution is 6.31. The predicted octanol–water partition coefficient (Wildman–Crippen LogP) is 1.69. The Kier molecular flexibility index (Phi) is 1.73. The molecular formula is C4H3Cl2N3. The van der Waals surface area contributed by atoms with Crippen molar-refractivity contribution in [2.75, 3.05) is 0 Å². The lowest BCUT2D eigenvalue weighted by molar-refractivity contribution is 0.937. The molecule has 5 heteroatoms. The quantitative estimate of drug-likeness (QED) is 0.632. The fraction of sp³-hybridized carbons (Fsp3) is 0. The summed E-state index contributed by atoms with van der Waals surface area (Å²) >= 11 is 10.8. The van der Waals surface area contributed by atoms with E-state index in [1.165, 1.54) is 10.9 Å². The molecule has 1 aromatic heterocycles. The van der Waals surface area contributed by atoms with Gasteiger partial charge >= 0.3 is 0 Å². The van der Waals surface area contributed by atoms with Crippen LogP contribution in [0.5, 0.6) is 0 Å². The third-order valence-electron chi connectivity index (χ3n) is 0.737. The van der Waals surface area contributed by atoms with Crippen LogP contribution in [0.3, 0.4) is 0 Å². The van der Waals surface area contributed by atoms with Gasteiger partial charge in [-0.05, 0) is 23.2 Å². The second kappa shape index (κ2) is 2.37. The number of nitrogens with zero attached hydrogens (tertiary/aromatic N) is 3. The third-order valence-corrected chi connectivity index (χ3v) is 1.15. The first-order chi connectivity index (χ1) is 4.24. The first kappa shape index (κ1) is 6.58. The van der Waals surface area contributed by atoms with Crippen molar-refractivity contribution in [2.45, 2.75) is 0 Å². The minimum atomic E-state index is 0.125. The van der Waals surface area contributed by atoms with E-state index < -0.39 is 0 Å². The van der Waals surface area contributed by atoms with Crippen molar-refractivity contribution < 1.29 is 0 Å². The lowest BCUT2D eigenvalue weighted by Gasteiger charge is -1.84. The minimum Gasteiger partial charge on any atom is -0.210 e. The molecule has 0 saturated carbocycles. The van der Waals surface area contributed by atoms with E-state index in [1.54, 1.807) is 0 Å². The maximum atomic E-state index is 5.48. The Balaban J connectivity index is 3.15. The molecule has 0 atom stereocenters. The Morgan fingerprint density at radius 1 is 1.56 bits per heavy atom. The third kappa shape index (κ3) is 1.23. The smallest absolute Gasteiger partial charge is 0.210 e. The van der Waals surface area contributed by atoms with Crippen molar-refractivity contribution in [2.24, 2.45) is 0 Å². The molecule has 3 nitrogen and oxygen atoms in total. The molecule has 0 bridgehead atoms. The molecule has 0 unspecified atom stereocenters. The van der Waals surface area contributed by atoms with Crippen LogP contribution in [-0.2, 0) is 0 Å². The van der Waals surface area contributed by atoms with Gasteiger partial charge in [0.1, 0.15) is 0 Å². The van der Waals surface area contributed by atoms with Gasteiger partial charge in [-0.1, -0.05) is 6.58 Å². The molecule has 0 aliphatic rings. The number of hydrogen-bond donors (Lipinski definition) is 0. The predicted molar refractivity (Wildman–Crippen MR) is 36.4 cm³/mol. The molecule has 48 valence electrons. The van der Waals surface area contributed by atoms with Gasteiger partial charge in [-0.3, -0.25) is 0 Å². The summed E-state index contributed by atoms with van der Waals surface area (Å²) in [7, 11) is 0. The summed E-state index contributed by atoms with van der Waals surface area (Å²) in [4.78, 5) is 3.59. The van der Waals surface area contributed by atoms with E-state index in [1.807, 2.05) is 0 Å². The maximum absolute atomic E-state index is 5.48. The highest BCUT2D eigenvalue weighted by Crippen LogP contribution is 2.08. The van der Waals surface area contributed by atoms with E-state index in [0.29, 0.717) is 0 Å². The molecule has 0 fully saturated rings. The van der Waals surface area contributed by atoms with E-state index in [4.69, 9.17) is 23.2 Å². The number of rotatable bonds is 1. The highest BCUT2D eigenvalue weighted by atomic mass is 35.5. The van der Waals surface area contributed by atoms with Gasteiger partial charge in [-0.25, -0.2) is 4.68 Å². The molecular weight excluding hydrogens is 161 g/mol. The average Bonchev–Trinajstić information content (AvgIpc) is 2.10. The van der Waals surface area contributed by atoms with Crippen LogP contribution in [0, 0.1) is 0 Å². The standard InChI is InChI=1S/C4H3Cl2N3/c1-2-9-4(6)7-3(5)8-9/h2H,1H2. The van der Waals surface area contributed by atoms with Crippen molar-refractivity contribution in [3.8, 4) is 0 Å². The fourth-order valence-electron chi connectivity index (χ4n) is 0.396. The average molecular weight is 164 g/mol. The van der Waals surface area contributed by atoms with E-state index >= 15 is 0 Å². The van der Waals surface area contributed by atoms with E-state index in [0.717, 1.165) is 0 Å². The first-order valence-corrected chi connectivity index (χ1v) is 2.89. The topological polar surface area (TPSA) is 30.7 Å². The summed E-state index contributed by atoms with van der Waals surface area (Å²) in [5.41, 5.74) is 0. The lowest BCUT2D eigenvalue weighted by atomic mass is 11.0. The number of halogens is 2. The van der Waals surface area contributed by atoms with Crippen LogP contribution >= 0.6 is 23.2 Å². The molecule has 1 aromatic rings. The molecule has 1 rings (SSSR count). The molecule has 0 radical (unpaired) electrons. The summed E-state index contributed by atoms with van der Waals surface area (Å²) in [5.74, 6) is 0. The molecule has 0 amide bonds. The van der Waals surface area contributed by atoms with Crippen molar-refractivity contribution in [3.05, 3.63) is 17.1 Å². The van der Waals surface area contributed by atoms with Crippen LogP contribution in [0.1, 0.15) is 0 Å². The zero-order chi connectivity index (χ0) is 6.85. The van der Waals surface area contributed by atoms with Gasteiger partial charge in [0.15, 0.2) is 0 Å². The van der Waals surface area contributed by atoms with Crippen molar-refractivity contribution >= 4 is 29.4 Å². The van der Waals surface area contributed by atoms with E-state index in [2.05, 4.69) is 16.7 Å². The molecule has 0 aliphatic heterocycles. The number of aromatic nitrogens is 3. The SMILES string of the molecule is C=Cn1nc(Cl)nc1Cl. The van der Waals surface area contributed by atoms with Crippen LogP contribution in [0.4, 0.5) is 0 Å². The zero-order valence-electron chi connectivity index (χ0n) is 4.38. The monoisotopic (exact) mass is 163 g/mol. The van der Waals surface area contributed by atoms with Gasteiger partial charge in [0, 0.05) is 6.20 Å². The van der Waals surface area contributed by atoms with Gasteiger partial charge < -0.3 is 0 Å². The fourth-order valence-corrected chi connectivity index (χ4v) is 0.788. The van der Waals surface area contributed by atoms with Gasteiger partial charge in [0.2, 0.25) is 10.6 Å². The van der Waals surface area contributed by atoms with Crippen molar-refractivity contribution in [3.63, 3.8) is 0 Å². The Labute approximate surface area is 61.9 Å². The van der Waals surface area contributed by atoms with Crippen LogP contribution in [-0.4, -0.2) is 14.8 Å². The molecule has 0 spiro atoms. The summed E-state index contributed by atoms with van der Waals surface area (Å²) in [6, 6.07) is 0. The van der Waals surface area contributed by atoms with Crippen LogP contribution in [0.2, 0.25) is 10.6 Å². The number of hydrogen-bond acceptors (Lipinski definition) is 2. The van der Waals surface area contributed by atoms with Crippen LogP contribution in [0.25, 0.3) is 6.20 Å². The van der Waals surface area contributed by atoms with Crippen LogP contribution < -0.4 is 0 Å². The zero-order valence-corrected chi connectivity index (χ0v) is 5.89. The molecule has 0 aromatic carbocycles. The second-order valence-corrected chi connectivity index (χ2v) is 1.95.